The van der Waals surface area contributed by atoms with Crippen molar-refractivity contribution in [3.63, 3.8) is 0 Å². The number of allylic oxidation sites excluding steroid dienone is 11. The minimum absolute atomic E-state index is 0.109. The number of esters is 3. The fourth-order valence-corrected chi connectivity index (χ4v) is 5.68. The van der Waals surface area contributed by atoms with Crippen LogP contribution in [0, 0.1) is 0 Å². The predicted octanol–water partition coefficient (Wildman–Crippen LogP) is 13.9. The highest BCUT2D eigenvalue weighted by molar-refractivity contribution is 5.72. The molecule has 0 aromatic rings. The Morgan fingerprint density at radius 3 is 1.28 bits per heavy atom. The summed E-state index contributed by atoms with van der Waals surface area (Å²) in [5.41, 5.74) is 0. The molecule has 0 aliphatic rings. The molecule has 0 aromatic heterocycles. The quantitative estimate of drug-likeness (QED) is 0.0270. The maximum atomic E-state index is 12.7. The average molecular weight is 753 g/mol. The number of carbonyl (C=O) groups is 3. The van der Waals surface area contributed by atoms with Crippen LogP contribution in [0.5, 0.6) is 0 Å². The van der Waals surface area contributed by atoms with E-state index in [2.05, 4.69) is 81.5 Å². The first-order valence-electron chi connectivity index (χ1n) is 21.9. The summed E-state index contributed by atoms with van der Waals surface area (Å²) in [5.74, 6) is -1.07. The van der Waals surface area contributed by atoms with E-state index in [0.717, 1.165) is 83.5 Å². The molecule has 1 unspecified atom stereocenters. The Kier molecular flexibility index (Phi) is 40.1. The summed E-state index contributed by atoms with van der Waals surface area (Å²) >= 11 is 0. The monoisotopic (exact) mass is 753 g/mol. The van der Waals surface area contributed by atoms with Gasteiger partial charge in [0.2, 0.25) is 0 Å². The smallest absolute Gasteiger partial charge is 0.309 e. The van der Waals surface area contributed by atoms with Crippen molar-refractivity contribution in [3.05, 3.63) is 72.9 Å². The van der Waals surface area contributed by atoms with Crippen molar-refractivity contribution in [1.29, 1.82) is 0 Å². The van der Waals surface area contributed by atoms with Gasteiger partial charge in [-0.2, -0.15) is 0 Å². The van der Waals surface area contributed by atoms with E-state index in [1.807, 2.05) is 6.08 Å². The maximum Gasteiger partial charge on any atom is 0.309 e. The lowest BCUT2D eigenvalue weighted by Crippen LogP contribution is -2.30. The molecule has 0 aromatic carbocycles. The summed E-state index contributed by atoms with van der Waals surface area (Å²) in [6, 6.07) is 0. The van der Waals surface area contributed by atoms with Crippen molar-refractivity contribution in [2.24, 2.45) is 0 Å². The zero-order chi connectivity index (χ0) is 39.4. The number of unbranched alkanes of at least 4 members (excludes halogenated alkanes) is 16. The second-order valence-electron chi connectivity index (χ2n) is 14.2. The molecule has 6 heteroatoms. The van der Waals surface area contributed by atoms with E-state index in [4.69, 9.17) is 14.2 Å². The van der Waals surface area contributed by atoms with Crippen LogP contribution in [0.2, 0.25) is 0 Å². The standard InChI is InChI=1S/C48H80O6/c1-4-7-10-13-16-18-20-22-24-26-27-29-32-35-38-41-47(50)53-44-45(43-52-46(49)40-37-34-31-15-12-9-6-3)54-48(51)42-39-36-33-30-28-25-23-21-19-17-14-11-8-5-2/h7,10,16,18,21-24,27,29,35,38,45H,4-6,8-9,11-15,17,19-20,25-26,28,30-34,36-37,39-44H2,1-3H3/b10-7-,18-16-,23-21-,24-22-,29-27-,38-35-. The molecule has 0 radical (unpaired) electrons. The first kappa shape index (κ1) is 50.9. The van der Waals surface area contributed by atoms with Gasteiger partial charge in [0.25, 0.3) is 0 Å². The molecule has 0 N–H and O–H groups in total. The molecule has 0 rings (SSSR count). The molecule has 0 bridgehead atoms. The summed E-state index contributed by atoms with van der Waals surface area (Å²) in [5, 5.41) is 0. The molecule has 0 spiro atoms. The van der Waals surface area contributed by atoms with Crippen LogP contribution in [0.1, 0.15) is 194 Å². The molecular formula is C48H80O6. The normalized spacial score (nSPS) is 12.7. The van der Waals surface area contributed by atoms with Crippen LogP contribution in [0.4, 0.5) is 0 Å². The Morgan fingerprint density at radius 1 is 0.407 bits per heavy atom. The highest BCUT2D eigenvalue weighted by Gasteiger charge is 2.19. The van der Waals surface area contributed by atoms with Crippen LogP contribution in [0.3, 0.4) is 0 Å². The van der Waals surface area contributed by atoms with Crippen molar-refractivity contribution < 1.29 is 28.6 Å². The van der Waals surface area contributed by atoms with Crippen LogP contribution in [-0.4, -0.2) is 37.2 Å². The van der Waals surface area contributed by atoms with Gasteiger partial charge < -0.3 is 14.2 Å². The lowest BCUT2D eigenvalue weighted by molar-refractivity contribution is -0.166. The second kappa shape index (κ2) is 42.6. The molecule has 0 aliphatic carbocycles. The topological polar surface area (TPSA) is 78.9 Å². The average Bonchev–Trinajstić information content (AvgIpc) is 3.17. The molecular weight excluding hydrogens is 673 g/mol. The fraction of sp³-hybridized carbons (Fsp3) is 0.688. The minimum Gasteiger partial charge on any atom is -0.462 e. The van der Waals surface area contributed by atoms with Crippen molar-refractivity contribution in [2.45, 2.75) is 200 Å². The van der Waals surface area contributed by atoms with Gasteiger partial charge in [-0.05, 0) is 70.6 Å². The number of carbonyl (C=O) groups excluding carboxylic acids is 3. The molecule has 0 amide bonds. The van der Waals surface area contributed by atoms with Gasteiger partial charge in [-0.15, -0.1) is 0 Å². The van der Waals surface area contributed by atoms with Crippen molar-refractivity contribution in [2.75, 3.05) is 13.2 Å². The van der Waals surface area contributed by atoms with Crippen molar-refractivity contribution >= 4 is 17.9 Å². The number of hydrogen-bond acceptors (Lipinski definition) is 6. The van der Waals surface area contributed by atoms with E-state index in [9.17, 15) is 14.4 Å². The summed E-state index contributed by atoms with van der Waals surface area (Å²) in [6.45, 7) is 6.35. The van der Waals surface area contributed by atoms with Gasteiger partial charge in [0.1, 0.15) is 13.2 Å². The number of hydrogen-bond donors (Lipinski definition) is 0. The third-order valence-corrected chi connectivity index (χ3v) is 8.98. The Bertz CT molecular complexity index is 1050. The zero-order valence-corrected chi connectivity index (χ0v) is 35.0. The van der Waals surface area contributed by atoms with Crippen LogP contribution >= 0.6 is 0 Å². The SMILES string of the molecule is CC/C=C\C/C=C\C/C=C\C/C=C\C/C=C\CC(=O)OCC(COC(=O)CCCCCCCCC)OC(=O)CCCCCCC/C=C\CCCCCCC. The highest BCUT2D eigenvalue weighted by atomic mass is 16.6. The lowest BCUT2D eigenvalue weighted by Gasteiger charge is -2.18. The van der Waals surface area contributed by atoms with Gasteiger partial charge in [-0.1, -0.05) is 177 Å². The molecule has 308 valence electrons. The summed E-state index contributed by atoms with van der Waals surface area (Å²) in [7, 11) is 0. The van der Waals surface area contributed by atoms with Crippen LogP contribution in [0.15, 0.2) is 72.9 Å². The van der Waals surface area contributed by atoms with Gasteiger partial charge in [0, 0.05) is 12.8 Å². The Labute approximate surface area is 332 Å². The fourth-order valence-electron chi connectivity index (χ4n) is 5.68. The molecule has 0 fully saturated rings. The Hall–Kier alpha value is -3.15. The largest absolute Gasteiger partial charge is 0.462 e. The molecule has 1 atom stereocenters. The lowest BCUT2D eigenvalue weighted by atomic mass is 10.1. The van der Waals surface area contributed by atoms with Gasteiger partial charge >= 0.3 is 17.9 Å². The second-order valence-corrected chi connectivity index (χ2v) is 14.2. The number of rotatable bonds is 38. The summed E-state index contributed by atoms with van der Waals surface area (Å²) in [6.07, 6.45) is 52.0. The van der Waals surface area contributed by atoms with Crippen LogP contribution in [-0.2, 0) is 28.6 Å². The van der Waals surface area contributed by atoms with E-state index in [0.29, 0.717) is 12.8 Å². The Morgan fingerprint density at radius 2 is 0.796 bits per heavy atom. The molecule has 0 saturated heterocycles. The zero-order valence-electron chi connectivity index (χ0n) is 35.0. The van der Waals surface area contributed by atoms with Gasteiger partial charge in [0.15, 0.2) is 6.10 Å². The molecule has 0 saturated carbocycles. The number of ether oxygens (including phenoxy) is 3. The predicted molar refractivity (Wildman–Crippen MR) is 228 cm³/mol. The summed E-state index contributed by atoms with van der Waals surface area (Å²) < 4.78 is 16.5. The first-order chi connectivity index (χ1) is 26.5. The van der Waals surface area contributed by atoms with E-state index in [1.54, 1.807) is 6.08 Å². The molecule has 0 heterocycles. The van der Waals surface area contributed by atoms with E-state index in [-0.39, 0.29) is 31.6 Å². The molecule has 6 nitrogen and oxygen atoms in total. The van der Waals surface area contributed by atoms with Gasteiger partial charge in [-0.25, -0.2) is 0 Å². The minimum atomic E-state index is -0.814. The van der Waals surface area contributed by atoms with Crippen LogP contribution in [0.25, 0.3) is 0 Å². The summed E-state index contributed by atoms with van der Waals surface area (Å²) in [4.78, 5) is 37.5. The molecule has 54 heavy (non-hydrogen) atoms. The van der Waals surface area contributed by atoms with E-state index < -0.39 is 12.1 Å². The van der Waals surface area contributed by atoms with E-state index >= 15 is 0 Å². The van der Waals surface area contributed by atoms with Crippen LogP contribution < -0.4 is 0 Å². The maximum absolute atomic E-state index is 12.7. The first-order valence-corrected chi connectivity index (χ1v) is 21.9. The third kappa shape index (κ3) is 40.0. The van der Waals surface area contributed by atoms with Crippen molar-refractivity contribution in [3.8, 4) is 0 Å². The third-order valence-electron chi connectivity index (χ3n) is 8.98. The molecule has 0 aliphatic heterocycles. The van der Waals surface area contributed by atoms with Gasteiger partial charge in [0.05, 0.1) is 6.42 Å². The van der Waals surface area contributed by atoms with E-state index in [1.165, 1.54) is 70.6 Å². The van der Waals surface area contributed by atoms with Gasteiger partial charge in [-0.3, -0.25) is 14.4 Å². The Balaban J connectivity index is 4.48. The highest BCUT2D eigenvalue weighted by Crippen LogP contribution is 2.12. The van der Waals surface area contributed by atoms with Crippen molar-refractivity contribution in [1.82, 2.24) is 0 Å².